The van der Waals surface area contributed by atoms with Gasteiger partial charge < -0.3 is 10.5 Å². The Labute approximate surface area is 125 Å². The molecule has 0 radical (unpaired) electrons. The van der Waals surface area contributed by atoms with Crippen LogP contribution in [0.15, 0.2) is 48.5 Å². The van der Waals surface area contributed by atoms with E-state index in [1.165, 1.54) is 5.56 Å². The summed E-state index contributed by atoms with van der Waals surface area (Å²) in [6.07, 6.45) is 1.08. The zero-order valence-electron chi connectivity index (χ0n) is 11.8. The fourth-order valence-corrected chi connectivity index (χ4v) is 2.15. The van der Waals surface area contributed by atoms with Gasteiger partial charge in [0, 0.05) is 5.56 Å². The van der Waals surface area contributed by atoms with E-state index in [2.05, 4.69) is 19.9 Å². The number of rotatable bonds is 5. The highest BCUT2D eigenvalue weighted by Crippen LogP contribution is 2.31. The first-order valence-corrected chi connectivity index (χ1v) is 7.19. The van der Waals surface area contributed by atoms with Gasteiger partial charge in [-0.15, -0.1) is 0 Å². The molecule has 0 aliphatic rings. The summed E-state index contributed by atoms with van der Waals surface area (Å²) < 4.78 is 5.98. The SMILES string of the molecule is CCC(C)c1ccccc1Oc1ccc(C(N)=S)cc1. The Bertz CT molecular complexity index is 592. The largest absolute Gasteiger partial charge is 0.457 e. The summed E-state index contributed by atoms with van der Waals surface area (Å²) in [5.41, 5.74) is 7.67. The molecule has 0 aliphatic carbocycles. The van der Waals surface area contributed by atoms with E-state index in [0.717, 1.165) is 23.5 Å². The number of thiocarbonyl (C=S) groups is 1. The Hall–Kier alpha value is -1.87. The first-order valence-electron chi connectivity index (χ1n) is 6.78. The van der Waals surface area contributed by atoms with Crippen LogP contribution in [-0.2, 0) is 0 Å². The van der Waals surface area contributed by atoms with Crippen molar-refractivity contribution in [2.75, 3.05) is 0 Å². The normalized spacial score (nSPS) is 11.9. The molecule has 2 rings (SSSR count). The summed E-state index contributed by atoms with van der Waals surface area (Å²) in [6, 6.07) is 15.7. The Balaban J connectivity index is 2.23. The lowest BCUT2D eigenvalue weighted by molar-refractivity contribution is 0.470. The van der Waals surface area contributed by atoms with E-state index in [9.17, 15) is 0 Å². The Morgan fingerprint density at radius 3 is 2.40 bits per heavy atom. The lowest BCUT2D eigenvalue weighted by Crippen LogP contribution is -2.08. The fraction of sp³-hybridized carbons (Fsp3) is 0.235. The minimum Gasteiger partial charge on any atom is -0.457 e. The molecule has 2 nitrogen and oxygen atoms in total. The molecule has 0 bridgehead atoms. The minimum atomic E-state index is 0.400. The zero-order chi connectivity index (χ0) is 14.5. The van der Waals surface area contributed by atoms with Crippen LogP contribution < -0.4 is 10.5 Å². The summed E-state index contributed by atoms with van der Waals surface area (Å²) in [5.74, 6) is 2.17. The third kappa shape index (κ3) is 3.36. The average molecular weight is 285 g/mol. The van der Waals surface area contributed by atoms with Crippen LogP contribution in [0.25, 0.3) is 0 Å². The molecular weight excluding hydrogens is 266 g/mol. The molecule has 3 heteroatoms. The smallest absolute Gasteiger partial charge is 0.130 e. The van der Waals surface area contributed by atoms with Gasteiger partial charge in [-0.2, -0.15) is 0 Å². The average Bonchev–Trinajstić information content (AvgIpc) is 2.47. The molecule has 20 heavy (non-hydrogen) atoms. The van der Waals surface area contributed by atoms with Crippen molar-refractivity contribution in [3.05, 3.63) is 59.7 Å². The van der Waals surface area contributed by atoms with Crippen molar-refractivity contribution in [2.45, 2.75) is 26.2 Å². The van der Waals surface area contributed by atoms with Crippen LogP contribution in [0.2, 0.25) is 0 Å². The standard InChI is InChI=1S/C17H19NOS/c1-3-12(2)15-6-4-5-7-16(15)19-14-10-8-13(9-11-14)17(18)20/h4-12H,3H2,1-2H3,(H2,18,20). The van der Waals surface area contributed by atoms with Gasteiger partial charge in [-0.25, -0.2) is 0 Å². The van der Waals surface area contributed by atoms with Crippen LogP contribution in [0, 0.1) is 0 Å². The highest BCUT2D eigenvalue weighted by Gasteiger charge is 2.10. The molecule has 2 aromatic carbocycles. The molecule has 0 fully saturated rings. The van der Waals surface area contributed by atoms with Crippen molar-refractivity contribution in [2.24, 2.45) is 5.73 Å². The van der Waals surface area contributed by atoms with Crippen LogP contribution in [0.5, 0.6) is 11.5 Å². The van der Waals surface area contributed by atoms with E-state index in [0.29, 0.717) is 10.9 Å². The van der Waals surface area contributed by atoms with E-state index in [1.54, 1.807) is 0 Å². The Morgan fingerprint density at radius 1 is 1.15 bits per heavy atom. The number of nitrogens with two attached hydrogens (primary N) is 1. The maximum atomic E-state index is 5.98. The van der Waals surface area contributed by atoms with Gasteiger partial charge in [0.05, 0.1) is 0 Å². The third-order valence-corrected chi connectivity index (χ3v) is 3.66. The molecule has 0 heterocycles. The van der Waals surface area contributed by atoms with Gasteiger partial charge in [-0.05, 0) is 48.2 Å². The van der Waals surface area contributed by atoms with Crippen molar-refractivity contribution >= 4 is 17.2 Å². The Kier molecular flexibility index (Phi) is 4.74. The van der Waals surface area contributed by atoms with Crippen LogP contribution in [0.3, 0.4) is 0 Å². The molecule has 2 aromatic rings. The van der Waals surface area contributed by atoms with Crippen molar-refractivity contribution in [3.8, 4) is 11.5 Å². The first kappa shape index (κ1) is 14.5. The quantitative estimate of drug-likeness (QED) is 0.814. The summed E-state index contributed by atoms with van der Waals surface area (Å²) >= 11 is 4.94. The van der Waals surface area contributed by atoms with Gasteiger partial charge in [0.2, 0.25) is 0 Å². The lowest BCUT2D eigenvalue weighted by atomic mass is 9.98. The summed E-state index contributed by atoms with van der Waals surface area (Å²) in [4.78, 5) is 0.400. The van der Waals surface area contributed by atoms with Crippen molar-refractivity contribution in [3.63, 3.8) is 0 Å². The van der Waals surface area contributed by atoms with E-state index >= 15 is 0 Å². The maximum Gasteiger partial charge on any atom is 0.130 e. The van der Waals surface area contributed by atoms with Crippen LogP contribution in [0.1, 0.15) is 37.3 Å². The van der Waals surface area contributed by atoms with Gasteiger partial charge in [0.25, 0.3) is 0 Å². The first-order chi connectivity index (χ1) is 9.61. The van der Waals surface area contributed by atoms with E-state index in [1.807, 2.05) is 42.5 Å². The van der Waals surface area contributed by atoms with Crippen molar-refractivity contribution in [1.29, 1.82) is 0 Å². The molecule has 0 saturated heterocycles. The molecule has 0 aliphatic heterocycles. The molecular formula is C17H19NOS. The highest BCUT2D eigenvalue weighted by atomic mass is 32.1. The second-order valence-electron chi connectivity index (χ2n) is 4.84. The van der Waals surface area contributed by atoms with Gasteiger partial charge in [0.15, 0.2) is 0 Å². The molecule has 1 atom stereocenters. The van der Waals surface area contributed by atoms with Crippen molar-refractivity contribution < 1.29 is 4.74 Å². The maximum absolute atomic E-state index is 5.98. The van der Waals surface area contributed by atoms with Gasteiger partial charge in [-0.3, -0.25) is 0 Å². The third-order valence-electron chi connectivity index (χ3n) is 3.43. The number of hydrogen-bond acceptors (Lipinski definition) is 2. The lowest BCUT2D eigenvalue weighted by Gasteiger charge is -2.15. The Morgan fingerprint density at radius 2 is 1.80 bits per heavy atom. The van der Waals surface area contributed by atoms with E-state index in [4.69, 9.17) is 22.7 Å². The monoisotopic (exact) mass is 285 g/mol. The van der Waals surface area contributed by atoms with Crippen molar-refractivity contribution in [1.82, 2.24) is 0 Å². The van der Waals surface area contributed by atoms with Gasteiger partial charge in [-0.1, -0.05) is 44.3 Å². The summed E-state index contributed by atoms with van der Waals surface area (Å²) in [5, 5.41) is 0. The molecule has 2 N–H and O–H groups in total. The predicted octanol–water partition coefficient (Wildman–Crippen LogP) is 4.63. The van der Waals surface area contributed by atoms with Crippen LogP contribution in [-0.4, -0.2) is 4.99 Å². The fourth-order valence-electron chi connectivity index (χ4n) is 2.01. The summed E-state index contributed by atoms with van der Waals surface area (Å²) in [6.45, 7) is 4.39. The number of ether oxygens (including phenoxy) is 1. The molecule has 104 valence electrons. The molecule has 0 spiro atoms. The molecule has 0 amide bonds. The molecule has 0 saturated carbocycles. The molecule has 0 aromatic heterocycles. The van der Waals surface area contributed by atoms with E-state index < -0.39 is 0 Å². The second-order valence-corrected chi connectivity index (χ2v) is 5.28. The molecule has 1 unspecified atom stereocenters. The van der Waals surface area contributed by atoms with Gasteiger partial charge >= 0.3 is 0 Å². The number of benzene rings is 2. The van der Waals surface area contributed by atoms with Gasteiger partial charge in [0.1, 0.15) is 16.5 Å². The number of hydrogen-bond donors (Lipinski definition) is 1. The predicted molar refractivity (Wildman–Crippen MR) is 87.6 cm³/mol. The minimum absolute atomic E-state index is 0.400. The van der Waals surface area contributed by atoms with E-state index in [-0.39, 0.29) is 0 Å². The zero-order valence-corrected chi connectivity index (χ0v) is 12.6. The van der Waals surface area contributed by atoms with Crippen LogP contribution >= 0.6 is 12.2 Å². The summed E-state index contributed by atoms with van der Waals surface area (Å²) in [7, 11) is 0. The van der Waals surface area contributed by atoms with Crippen LogP contribution in [0.4, 0.5) is 0 Å². The topological polar surface area (TPSA) is 35.2 Å². The second kappa shape index (κ2) is 6.53. The highest BCUT2D eigenvalue weighted by molar-refractivity contribution is 7.80. The number of para-hydroxylation sites is 1.